The summed E-state index contributed by atoms with van der Waals surface area (Å²) in [5.74, 6) is 1.55. The van der Waals surface area contributed by atoms with Crippen molar-refractivity contribution >= 4 is 11.6 Å². The minimum Gasteiger partial charge on any atom is -0.497 e. The van der Waals surface area contributed by atoms with Gasteiger partial charge in [0.15, 0.2) is 6.54 Å². The van der Waals surface area contributed by atoms with Crippen LogP contribution in [0.15, 0.2) is 48.5 Å². The van der Waals surface area contributed by atoms with Gasteiger partial charge in [-0.25, -0.2) is 0 Å². The van der Waals surface area contributed by atoms with Crippen molar-refractivity contribution in [2.24, 2.45) is 0 Å². The van der Waals surface area contributed by atoms with E-state index in [1.807, 2.05) is 36.4 Å². The SMILES string of the molecule is COc1ccc(C[NH+](CC(=O)Nc2ccccc2OC)C2CC2)cc1. The Morgan fingerprint density at radius 3 is 2.44 bits per heavy atom. The van der Waals surface area contributed by atoms with Gasteiger partial charge in [-0.15, -0.1) is 0 Å². The Morgan fingerprint density at radius 1 is 1.08 bits per heavy atom. The molecule has 25 heavy (non-hydrogen) atoms. The number of hydrogen-bond acceptors (Lipinski definition) is 3. The molecule has 1 aliphatic carbocycles. The molecular weight excluding hydrogens is 316 g/mol. The van der Waals surface area contributed by atoms with E-state index in [1.54, 1.807) is 14.2 Å². The normalized spacial score (nSPS) is 14.6. The van der Waals surface area contributed by atoms with Crippen LogP contribution in [0.1, 0.15) is 18.4 Å². The molecule has 1 fully saturated rings. The minimum atomic E-state index is 0.0138. The number of rotatable bonds is 8. The molecule has 1 unspecified atom stereocenters. The number of benzene rings is 2. The van der Waals surface area contributed by atoms with Gasteiger partial charge in [-0.1, -0.05) is 12.1 Å². The second kappa shape index (κ2) is 8.03. The molecule has 0 spiro atoms. The van der Waals surface area contributed by atoms with E-state index in [-0.39, 0.29) is 5.91 Å². The molecule has 2 aromatic rings. The largest absolute Gasteiger partial charge is 0.497 e. The van der Waals surface area contributed by atoms with Gasteiger partial charge in [-0.3, -0.25) is 4.79 Å². The summed E-state index contributed by atoms with van der Waals surface area (Å²) < 4.78 is 10.5. The number of hydrogen-bond donors (Lipinski definition) is 2. The van der Waals surface area contributed by atoms with E-state index in [1.165, 1.54) is 23.3 Å². The third-order valence-corrected chi connectivity index (χ3v) is 4.51. The summed E-state index contributed by atoms with van der Waals surface area (Å²) in [6, 6.07) is 16.1. The molecule has 1 atom stereocenters. The molecular formula is C20H25N2O3+. The Morgan fingerprint density at radius 2 is 1.80 bits per heavy atom. The lowest BCUT2D eigenvalue weighted by atomic mass is 10.2. The van der Waals surface area contributed by atoms with Crippen molar-refractivity contribution in [3.63, 3.8) is 0 Å². The van der Waals surface area contributed by atoms with Crippen LogP contribution >= 0.6 is 0 Å². The third-order valence-electron chi connectivity index (χ3n) is 4.51. The van der Waals surface area contributed by atoms with Gasteiger partial charge in [0.2, 0.25) is 0 Å². The van der Waals surface area contributed by atoms with E-state index in [9.17, 15) is 4.79 Å². The van der Waals surface area contributed by atoms with Crippen molar-refractivity contribution in [2.45, 2.75) is 25.4 Å². The molecule has 0 bridgehead atoms. The molecule has 132 valence electrons. The molecule has 1 amide bonds. The highest BCUT2D eigenvalue weighted by molar-refractivity contribution is 5.92. The molecule has 0 saturated heterocycles. The van der Waals surface area contributed by atoms with E-state index >= 15 is 0 Å². The van der Waals surface area contributed by atoms with Crippen LogP contribution in [-0.2, 0) is 11.3 Å². The average Bonchev–Trinajstić information content (AvgIpc) is 3.47. The Bertz CT molecular complexity index is 711. The molecule has 3 rings (SSSR count). The van der Waals surface area contributed by atoms with Gasteiger partial charge < -0.3 is 19.7 Å². The summed E-state index contributed by atoms with van der Waals surface area (Å²) in [7, 11) is 3.27. The van der Waals surface area contributed by atoms with Crippen molar-refractivity contribution < 1.29 is 19.2 Å². The maximum atomic E-state index is 12.5. The highest BCUT2D eigenvalue weighted by atomic mass is 16.5. The number of quaternary nitrogens is 1. The molecule has 0 aliphatic heterocycles. The number of para-hydroxylation sites is 2. The van der Waals surface area contributed by atoms with Crippen LogP contribution in [0, 0.1) is 0 Å². The van der Waals surface area contributed by atoms with Gasteiger partial charge in [0.25, 0.3) is 5.91 Å². The number of carbonyl (C=O) groups excluding carboxylic acids is 1. The number of ether oxygens (including phenoxy) is 2. The molecule has 0 aromatic heterocycles. The predicted octanol–water partition coefficient (Wildman–Crippen LogP) is 1.89. The molecule has 1 aliphatic rings. The highest BCUT2D eigenvalue weighted by Crippen LogP contribution is 2.22. The van der Waals surface area contributed by atoms with Crippen molar-refractivity contribution in [1.82, 2.24) is 0 Å². The molecule has 1 saturated carbocycles. The lowest BCUT2D eigenvalue weighted by Gasteiger charge is -2.19. The van der Waals surface area contributed by atoms with Crippen LogP contribution in [0.3, 0.4) is 0 Å². The van der Waals surface area contributed by atoms with E-state index in [0.29, 0.717) is 18.3 Å². The van der Waals surface area contributed by atoms with Crippen LogP contribution in [0.2, 0.25) is 0 Å². The first-order chi connectivity index (χ1) is 12.2. The summed E-state index contributed by atoms with van der Waals surface area (Å²) in [6.07, 6.45) is 2.38. The lowest BCUT2D eigenvalue weighted by molar-refractivity contribution is -0.916. The fraction of sp³-hybridized carbons (Fsp3) is 0.350. The molecule has 5 heteroatoms. The molecule has 0 radical (unpaired) electrons. The van der Waals surface area contributed by atoms with Gasteiger partial charge in [0.1, 0.15) is 18.0 Å². The zero-order valence-electron chi connectivity index (χ0n) is 14.7. The van der Waals surface area contributed by atoms with Gasteiger partial charge in [0, 0.05) is 18.4 Å². The van der Waals surface area contributed by atoms with Gasteiger partial charge in [-0.2, -0.15) is 0 Å². The van der Waals surface area contributed by atoms with Crippen LogP contribution in [0.25, 0.3) is 0 Å². The van der Waals surface area contributed by atoms with E-state index in [4.69, 9.17) is 9.47 Å². The number of methoxy groups -OCH3 is 2. The van der Waals surface area contributed by atoms with Crippen LogP contribution in [0.4, 0.5) is 5.69 Å². The Hall–Kier alpha value is -2.53. The topological polar surface area (TPSA) is 52.0 Å². The Kier molecular flexibility index (Phi) is 5.56. The second-order valence-electron chi connectivity index (χ2n) is 6.38. The molecule has 2 N–H and O–H groups in total. The Balaban J connectivity index is 1.62. The van der Waals surface area contributed by atoms with Crippen LogP contribution < -0.4 is 19.7 Å². The smallest absolute Gasteiger partial charge is 0.279 e. The highest BCUT2D eigenvalue weighted by Gasteiger charge is 2.34. The summed E-state index contributed by atoms with van der Waals surface area (Å²) in [5, 5.41) is 2.97. The maximum Gasteiger partial charge on any atom is 0.279 e. The quantitative estimate of drug-likeness (QED) is 0.771. The fourth-order valence-corrected chi connectivity index (χ4v) is 3.00. The minimum absolute atomic E-state index is 0.0138. The second-order valence-corrected chi connectivity index (χ2v) is 6.38. The first-order valence-electron chi connectivity index (χ1n) is 8.60. The number of anilines is 1. The monoisotopic (exact) mass is 341 g/mol. The number of carbonyl (C=O) groups is 1. The zero-order valence-corrected chi connectivity index (χ0v) is 14.7. The fourth-order valence-electron chi connectivity index (χ4n) is 3.00. The Labute approximate surface area is 148 Å². The van der Waals surface area contributed by atoms with E-state index in [2.05, 4.69) is 17.4 Å². The number of amides is 1. The molecule has 2 aromatic carbocycles. The predicted molar refractivity (Wildman–Crippen MR) is 97.2 cm³/mol. The first kappa shape index (κ1) is 17.3. The maximum absolute atomic E-state index is 12.5. The summed E-state index contributed by atoms with van der Waals surface area (Å²) >= 11 is 0. The van der Waals surface area contributed by atoms with Crippen molar-refractivity contribution in [3.8, 4) is 11.5 Å². The summed E-state index contributed by atoms with van der Waals surface area (Å²) in [6.45, 7) is 1.29. The van der Waals surface area contributed by atoms with Crippen molar-refractivity contribution in [1.29, 1.82) is 0 Å². The van der Waals surface area contributed by atoms with Gasteiger partial charge in [0.05, 0.1) is 25.9 Å². The van der Waals surface area contributed by atoms with Gasteiger partial charge in [-0.05, 0) is 36.4 Å². The van der Waals surface area contributed by atoms with Crippen LogP contribution in [0.5, 0.6) is 11.5 Å². The molecule has 5 nitrogen and oxygen atoms in total. The third kappa shape index (κ3) is 4.73. The number of nitrogens with one attached hydrogen (secondary N) is 2. The standard InChI is InChI=1S/C20H24N2O3/c1-24-17-11-7-15(8-12-17)13-22(16-9-10-16)14-20(23)21-18-5-3-4-6-19(18)25-2/h3-8,11-12,16H,9-10,13-14H2,1-2H3,(H,21,23)/p+1. The lowest BCUT2D eigenvalue weighted by Crippen LogP contribution is -3.13. The van der Waals surface area contributed by atoms with Crippen molar-refractivity contribution in [3.05, 3.63) is 54.1 Å². The molecule has 0 heterocycles. The zero-order chi connectivity index (χ0) is 17.6. The summed E-state index contributed by atoms with van der Waals surface area (Å²) in [4.78, 5) is 13.8. The first-order valence-corrected chi connectivity index (χ1v) is 8.60. The van der Waals surface area contributed by atoms with Crippen LogP contribution in [-0.4, -0.2) is 32.7 Å². The van der Waals surface area contributed by atoms with E-state index in [0.717, 1.165) is 18.0 Å². The van der Waals surface area contributed by atoms with Crippen molar-refractivity contribution in [2.75, 3.05) is 26.1 Å². The van der Waals surface area contributed by atoms with Gasteiger partial charge >= 0.3 is 0 Å². The van der Waals surface area contributed by atoms with E-state index < -0.39 is 0 Å². The summed E-state index contributed by atoms with van der Waals surface area (Å²) in [5.41, 5.74) is 1.93. The average molecular weight is 341 g/mol.